The first-order valence-electron chi connectivity index (χ1n) is 4.96. The van der Waals surface area contributed by atoms with E-state index in [9.17, 15) is 0 Å². The minimum Gasteiger partial charge on any atom is -0.397 e. The molecule has 0 atom stereocenters. The molecular formula is C12H10N4. The van der Waals surface area contributed by atoms with E-state index in [4.69, 9.17) is 5.73 Å². The van der Waals surface area contributed by atoms with Crippen LogP contribution in [0.1, 0.15) is 0 Å². The number of anilines is 1. The highest BCUT2D eigenvalue weighted by molar-refractivity contribution is 5.66. The first-order valence-corrected chi connectivity index (χ1v) is 4.96. The van der Waals surface area contributed by atoms with Crippen LogP contribution >= 0.6 is 0 Å². The molecule has 0 fully saturated rings. The van der Waals surface area contributed by atoms with E-state index in [2.05, 4.69) is 9.97 Å². The maximum Gasteiger partial charge on any atom is 0.136 e. The lowest BCUT2D eigenvalue weighted by atomic mass is 10.1. The maximum absolute atomic E-state index is 5.71. The third-order valence-electron chi connectivity index (χ3n) is 2.48. The molecule has 0 spiro atoms. The van der Waals surface area contributed by atoms with Crippen LogP contribution in [0.4, 0.5) is 5.69 Å². The Hall–Kier alpha value is -2.36. The molecule has 2 N–H and O–H groups in total. The molecule has 0 aliphatic rings. The van der Waals surface area contributed by atoms with Gasteiger partial charge in [0, 0.05) is 42.1 Å². The molecule has 3 aromatic heterocycles. The van der Waals surface area contributed by atoms with Crippen LogP contribution in [-0.4, -0.2) is 14.4 Å². The summed E-state index contributed by atoms with van der Waals surface area (Å²) in [5.74, 6) is 0. The van der Waals surface area contributed by atoms with Crippen molar-refractivity contribution in [2.45, 2.75) is 0 Å². The molecule has 0 unspecified atom stereocenters. The Kier molecular flexibility index (Phi) is 1.86. The Labute approximate surface area is 92.4 Å². The number of fused-ring (bicyclic) bond motifs is 1. The van der Waals surface area contributed by atoms with Crippen LogP contribution in [-0.2, 0) is 0 Å². The second-order valence-electron chi connectivity index (χ2n) is 3.62. The van der Waals surface area contributed by atoms with Crippen molar-refractivity contribution >= 4 is 11.3 Å². The van der Waals surface area contributed by atoms with Gasteiger partial charge < -0.3 is 10.1 Å². The highest BCUT2D eigenvalue weighted by Gasteiger charge is 2.00. The zero-order chi connectivity index (χ0) is 11.0. The van der Waals surface area contributed by atoms with Gasteiger partial charge in [0.05, 0.1) is 5.69 Å². The lowest BCUT2D eigenvalue weighted by Crippen LogP contribution is -1.89. The van der Waals surface area contributed by atoms with Crippen molar-refractivity contribution in [1.82, 2.24) is 14.4 Å². The molecule has 0 aromatic carbocycles. The summed E-state index contributed by atoms with van der Waals surface area (Å²) in [6.07, 6.45) is 9.14. The Balaban J connectivity index is 2.18. The van der Waals surface area contributed by atoms with Crippen molar-refractivity contribution in [2.75, 3.05) is 5.73 Å². The first-order chi connectivity index (χ1) is 7.83. The number of rotatable bonds is 1. The number of nitrogens with zero attached hydrogens (tertiary/aromatic N) is 3. The van der Waals surface area contributed by atoms with Crippen molar-refractivity contribution in [1.29, 1.82) is 0 Å². The second kappa shape index (κ2) is 3.34. The molecule has 0 saturated carbocycles. The standard InChI is InChI=1S/C12H10N4/c13-11-5-10(6-14-7-11)9-1-2-12-15-3-4-16(12)8-9/h1-8H,13H2. The second-order valence-corrected chi connectivity index (χ2v) is 3.62. The molecule has 0 amide bonds. The Morgan fingerprint density at radius 2 is 2.06 bits per heavy atom. The number of nitrogens with two attached hydrogens (primary N) is 1. The largest absolute Gasteiger partial charge is 0.397 e. The van der Waals surface area contributed by atoms with Crippen LogP contribution in [0.3, 0.4) is 0 Å². The highest BCUT2D eigenvalue weighted by Crippen LogP contribution is 2.20. The average molecular weight is 210 g/mol. The van der Waals surface area contributed by atoms with Gasteiger partial charge in [-0.05, 0) is 18.2 Å². The van der Waals surface area contributed by atoms with E-state index >= 15 is 0 Å². The molecule has 3 rings (SSSR count). The van der Waals surface area contributed by atoms with Crippen LogP contribution in [0.2, 0.25) is 0 Å². The van der Waals surface area contributed by atoms with Crippen molar-refractivity contribution in [3.05, 3.63) is 49.2 Å². The van der Waals surface area contributed by atoms with Crippen LogP contribution < -0.4 is 5.73 Å². The number of hydrogen-bond donors (Lipinski definition) is 1. The smallest absolute Gasteiger partial charge is 0.136 e. The van der Waals surface area contributed by atoms with Gasteiger partial charge in [0.1, 0.15) is 5.65 Å². The van der Waals surface area contributed by atoms with E-state index in [1.807, 2.05) is 35.0 Å². The van der Waals surface area contributed by atoms with Gasteiger partial charge in [-0.25, -0.2) is 4.98 Å². The fourth-order valence-corrected chi connectivity index (χ4v) is 1.71. The zero-order valence-electron chi connectivity index (χ0n) is 8.54. The third-order valence-corrected chi connectivity index (χ3v) is 2.48. The van der Waals surface area contributed by atoms with Crippen molar-refractivity contribution in [3.63, 3.8) is 0 Å². The Morgan fingerprint density at radius 3 is 2.94 bits per heavy atom. The van der Waals surface area contributed by atoms with Crippen LogP contribution in [0, 0.1) is 0 Å². The van der Waals surface area contributed by atoms with E-state index in [1.54, 1.807) is 18.6 Å². The molecule has 4 nitrogen and oxygen atoms in total. The topological polar surface area (TPSA) is 56.2 Å². The van der Waals surface area contributed by atoms with Gasteiger partial charge in [0.25, 0.3) is 0 Å². The molecule has 0 bridgehead atoms. The number of hydrogen-bond acceptors (Lipinski definition) is 3. The zero-order valence-corrected chi connectivity index (χ0v) is 8.54. The molecule has 0 aliphatic carbocycles. The minimum absolute atomic E-state index is 0.670. The average Bonchev–Trinajstić information content (AvgIpc) is 2.75. The van der Waals surface area contributed by atoms with Gasteiger partial charge in [0.15, 0.2) is 0 Å². The fraction of sp³-hybridized carbons (Fsp3) is 0. The fourth-order valence-electron chi connectivity index (χ4n) is 1.71. The summed E-state index contributed by atoms with van der Waals surface area (Å²) < 4.78 is 1.97. The summed E-state index contributed by atoms with van der Waals surface area (Å²) in [6, 6.07) is 5.89. The Morgan fingerprint density at radius 1 is 1.12 bits per heavy atom. The maximum atomic E-state index is 5.71. The van der Waals surface area contributed by atoms with Crippen molar-refractivity contribution in [2.24, 2.45) is 0 Å². The van der Waals surface area contributed by atoms with Gasteiger partial charge in [-0.15, -0.1) is 0 Å². The molecule has 4 heteroatoms. The summed E-state index contributed by atoms with van der Waals surface area (Å²) >= 11 is 0. The molecular weight excluding hydrogens is 200 g/mol. The first kappa shape index (κ1) is 8.91. The SMILES string of the molecule is Nc1cncc(-c2ccc3nccn3c2)c1. The highest BCUT2D eigenvalue weighted by atomic mass is 15.0. The summed E-state index contributed by atoms with van der Waals surface area (Å²) in [7, 11) is 0. The summed E-state index contributed by atoms with van der Waals surface area (Å²) in [4.78, 5) is 8.27. The molecule has 0 aliphatic heterocycles. The lowest BCUT2D eigenvalue weighted by molar-refractivity contribution is 1.19. The van der Waals surface area contributed by atoms with Gasteiger partial charge in [-0.2, -0.15) is 0 Å². The Bertz CT molecular complexity index is 642. The molecule has 3 heterocycles. The van der Waals surface area contributed by atoms with Crippen molar-refractivity contribution < 1.29 is 0 Å². The van der Waals surface area contributed by atoms with Gasteiger partial charge in [-0.1, -0.05) is 0 Å². The van der Waals surface area contributed by atoms with Crippen LogP contribution in [0.15, 0.2) is 49.2 Å². The number of imidazole rings is 1. The minimum atomic E-state index is 0.670. The molecule has 0 radical (unpaired) electrons. The predicted octanol–water partition coefficient (Wildman–Crippen LogP) is 1.98. The summed E-state index contributed by atoms with van der Waals surface area (Å²) in [5.41, 5.74) is 9.39. The number of nitrogen functional groups attached to an aromatic ring is 1. The van der Waals surface area contributed by atoms with Crippen molar-refractivity contribution in [3.8, 4) is 11.1 Å². The van der Waals surface area contributed by atoms with Gasteiger partial charge in [0.2, 0.25) is 0 Å². The van der Waals surface area contributed by atoms with Gasteiger partial charge >= 0.3 is 0 Å². The van der Waals surface area contributed by atoms with E-state index in [-0.39, 0.29) is 0 Å². The van der Waals surface area contributed by atoms with Gasteiger partial charge in [-0.3, -0.25) is 4.98 Å². The van der Waals surface area contributed by atoms with E-state index in [1.165, 1.54) is 0 Å². The van der Waals surface area contributed by atoms with Crippen LogP contribution in [0.25, 0.3) is 16.8 Å². The number of pyridine rings is 2. The van der Waals surface area contributed by atoms with E-state index in [0.29, 0.717) is 5.69 Å². The third kappa shape index (κ3) is 1.40. The van der Waals surface area contributed by atoms with E-state index < -0.39 is 0 Å². The number of aromatic nitrogens is 3. The summed E-state index contributed by atoms with van der Waals surface area (Å²) in [5, 5.41) is 0. The molecule has 78 valence electrons. The molecule has 3 aromatic rings. The molecule has 16 heavy (non-hydrogen) atoms. The lowest BCUT2D eigenvalue weighted by Gasteiger charge is -2.03. The quantitative estimate of drug-likeness (QED) is 0.668. The summed E-state index contributed by atoms with van der Waals surface area (Å²) in [6.45, 7) is 0. The normalized spacial score (nSPS) is 10.8. The predicted molar refractivity (Wildman–Crippen MR) is 62.8 cm³/mol. The van der Waals surface area contributed by atoms with Crippen LogP contribution in [0.5, 0.6) is 0 Å². The van der Waals surface area contributed by atoms with E-state index in [0.717, 1.165) is 16.8 Å². The monoisotopic (exact) mass is 210 g/mol. The molecule has 0 saturated heterocycles.